The fraction of sp³-hybridized carbons (Fsp3) is 0.667. The number of likely N-dealkylation sites (tertiary alicyclic amines) is 2. The molecule has 1 atom stereocenters. The highest BCUT2D eigenvalue weighted by Gasteiger charge is 2.32. The van der Waals surface area contributed by atoms with Crippen molar-refractivity contribution < 1.29 is 14.3 Å². The molecule has 2 fully saturated rings. The van der Waals surface area contributed by atoms with Crippen LogP contribution in [0.3, 0.4) is 0 Å². The predicted molar refractivity (Wildman–Crippen MR) is 107 cm³/mol. The van der Waals surface area contributed by atoms with E-state index in [4.69, 9.17) is 4.74 Å². The maximum atomic E-state index is 12.6. The van der Waals surface area contributed by atoms with Crippen LogP contribution in [0.15, 0.2) is 24.4 Å². The second kappa shape index (κ2) is 10.4. The van der Waals surface area contributed by atoms with E-state index in [0.717, 1.165) is 64.0 Å². The summed E-state index contributed by atoms with van der Waals surface area (Å²) in [5.41, 5.74) is 0.880. The number of amides is 2. The highest BCUT2D eigenvalue weighted by Crippen LogP contribution is 2.24. The van der Waals surface area contributed by atoms with Crippen LogP contribution in [0.4, 0.5) is 4.79 Å². The molecule has 28 heavy (non-hydrogen) atoms. The Morgan fingerprint density at radius 3 is 2.75 bits per heavy atom. The van der Waals surface area contributed by atoms with Crippen molar-refractivity contribution in [2.24, 2.45) is 5.92 Å². The van der Waals surface area contributed by atoms with E-state index in [1.54, 1.807) is 6.20 Å². The minimum Gasteiger partial charge on any atom is -0.449 e. The smallest absolute Gasteiger partial charge is 0.409 e. The van der Waals surface area contributed by atoms with E-state index in [9.17, 15) is 9.59 Å². The molecule has 0 radical (unpaired) electrons. The van der Waals surface area contributed by atoms with E-state index in [0.29, 0.717) is 19.2 Å². The molecule has 2 amide bonds. The summed E-state index contributed by atoms with van der Waals surface area (Å²) in [6, 6.07) is 6.18. The van der Waals surface area contributed by atoms with Crippen LogP contribution in [-0.4, -0.2) is 65.6 Å². The number of pyridine rings is 1. The van der Waals surface area contributed by atoms with Gasteiger partial charge in [-0.15, -0.1) is 0 Å². The molecule has 0 saturated carbocycles. The maximum absolute atomic E-state index is 12.6. The van der Waals surface area contributed by atoms with Crippen molar-refractivity contribution in [2.45, 2.75) is 51.6 Å². The third kappa shape index (κ3) is 5.67. The zero-order valence-corrected chi connectivity index (χ0v) is 16.8. The lowest BCUT2D eigenvalue weighted by Crippen LogP contribution is -2.51. The molecule has 7 nitrogen and oxygen atoms in total. The van der Waals surface area contributed by atoms with Crippen LogP contribution in [0.1, 0.15) is 44.7 Å². The molecular formula is C21H32N4O3. The van der Waals surface area contributed by atoms with Gasteiger partial charge in [0.25, 0.3) is 0 Å². The quantitative estimate of drug-likeness (QED) is 0.810. The van der Waals surface area contributed by atoms with Crippen molar-refractivity contribution in [1.29, 1.82) is 0 Å². The zero-order chi connectivity index (χ0) is 19.8. The number of nitrogens with zero attached hydrogens (tertiary/aromatic N) is 3. The molecule has 2 aliphatic rings. The summed E-state index contributed by atoms with van der Waals surface area (Å²) in [6.07, 6.45) is 6.28. The zero-order valence-electron chi connectivity index (χ0n) is 16.8. The van der Waals surface area contributed by atoms with Crippen LogP contribution in [0.2, 0.25) is 0 Å². The number of carbonyl (C=O) groups excluding carboxylic acids is 2. The molecule has 2 aliphatic heterocycles. The lowest BCUT2D eigenvalue weighted by atomic mass is 9.93. The molecule has 0 aliphatic carbocycles. The normalized spacial score (nSPS) is 21.3. The first-order valence-corrected chi connectivity index (χ1v) is 10.5. The molecule has 1 N–H and O–H groups in total. The number of hydrogen-bond donors (Lipinski definition) is 1. The molecule has 1 aromatic rings. The number of rotatable bonds is 6. The number of carbonyl (C=O) groups is 2. The number of piperidine rings is 2. The fourth-order valence-corrected chi connectivity index (χ4v) is 4.07. The second-order valence-corrected chi connectivity index (χ2v) is 7.71. The van der Waals surface area contributed by atoms with E-state index >= 15 is 0 Å². The topological polar surface area (TPSA) is 74.8 Å². The van der Waals surface area contributed by atoms with Crippen molar-refractivity contribution in [1.82, 2.24) is 20.1 Å². The van der Waals surface area contributed by atoms with Crippen LogP contribution in [0.5, 0.6) is 0 Å². The number of aromatic nitrogens is 1. The molecular weight excluding hydrogens is 356 g/mol. The van der Waals surface area contributed by atoms with Crippen LogP contribution in [0, 0.1) is 5.92 Å². The van der Waals surface area contributed by atoms with Gasteiger partial charge in [0.1, 0.15) is 0 Å². The van der Waals surface area contributed by atoms with Gasteiger partial charge >= 0.3 is 6.09 Å². The summed E-state index contributed by atoms with van der Waals surface area (Å²) < 4.78 is 5.24. The first-order valence-electron chi connectivity index (χ1n) is 10.5. The molecule has 0 spiro atoms. The van der Waals surface area contributed by atoms with Gasteiger partial charge in [0, 0.05) is 31.9 Å². The number of ether oxygens (including phenoxy) is 1. The Labute approximate surface area is 167 Å². The molecule has 0 aromatic carbocycles. The molecule has 2 saturated heterocycles. The predicted octanol–water partition coefficient (Wildman–Crippen LogP) is 2.42. The van der Waals surface area contributed by atoms with E-state index < -0.39 is 0 Å². The van der Waals surface area contributed by atoms with Crippen molar-refractivity contribution in [3.63, 3.8) is 0 Å². The average molecular weight is 389 g/mol. The SMILES string of the molecule is CCCOC(=O)N1CCC(N2CCC[C@@H](C(=O)NCc3ccccn3)C2)CC1. The molecule has 7 heteroatoms. The number of nitrogens with one attached hydrogen (secondary N) is 1. The molecule has 0 bridgehead atoms. The Balaban J connectivity index is 1.43. The van der Waals surface area contributed by atoms with Crippen molar-refractivity contribution in [3.05, 3.63) is 30.1 Å². The Hall–Kier alpha value is -2.15. The average Bonchev–Trinajstić information content (AvgIpc) is 2.76. The van der Waals surface area contributed by atoms with Gasteiger partial charge in [0.15, 0.2) is 0 Å². The van der Waals surface area contributed by atoms with Gasteiger partial charge < -0.3 is 15.0 Å². The van der Waals surface area contributed by atoms with Crippen molar-refractivity contribution in [3.8, 4) is 0 Å². The fourth-order valence-electron chi connectivity index (χ4n) is 4.07. The standard InChI is InChI=1S/C21H32N4O3/c1-2-14-28-21(27)24-12-8-19(9-13-24)25-11-5-6-17(16-25)20(26)23-15-18-7-3-4-10-22-18/h3-4,7,10,17,19H,2,5-6,8-9,11-16H2,1H3,(H,23,26)/t17-/m1/s1. The maximum Gasteiger partial charge on any atom is 0.409 e. The summed E-state index contributed by atoms with van der Waals surface area (Å²) in [5, 5.41) is 3.04. The lowest BCUT2D eigenvalue weighted by Gasteiger charge is -2.41. The van der Waals surface area contributed by atoms with Gasteiger partial charge in [-0.05, 0) is 50.8 Å². The lowest BCUT2D eigenvalue weighted by molar-refractivity contribution is -0.127. The largest absolute Gasteiger partial charge is 0.449 e. The molecule has 0 unspecified atom stereocenters. The Morgan fingerprint density at radius 1 is 1.21 bits per heavy atom. The van der Waals surface area contributed by atoms with Crippen molar-refractivity contribution in [2.75, 3.05) is 32.8 Å². The van der Waals surface area contributed by atoms with Gasteiger partial charge in [0.05, 0.1) is 24.8 Å². The van der Waals surface area contributed by atoms with E-state index in [1.807, 2.05) is 30.0 Å². The minimum absolute atomic E-state index is 0.0324. The van der Waals surface area contributed by atoms with E-state index in [2.05, 4.69) is 15.2 Å². The highest BCUT2D eigenvalue weighted by molar-refractivity contribution is 5.78. The summed E-state index contributed by atoms with van der Waals surface area (Å²) in [6.45, 7) is 6.28. The molecule has 154 valence electrons. The monoisotopic (exact) mass is 388 g/mol. The summed E-state index contributed by atoms with van der Waals surface area (Å²) in [5.74, 6) is 0.154. The number of hydrogen-bond acceptors (Lipinski definition) is 5. The van der Waals surface area contributed by atoms with Gasteiger partial charge in [-0.25, -0.2) is 4.79 Å². The van der Waals surface area contributed by atoms with Crippen LogP contribution in [-0.2, 0) is 16.1 Å². The Bertz CT molecular complexity index is 632. The summed E-state index contributed by atoms with van der Waals surface area (Å²) in [4.78, 5) is 33.1. The van der Waals surface area contributed by atoms with Crippen LogP contribution < -0.4 is 5.32 Å². The third-order valence-corrected chi connectivity index (χ3v) is 5.66. The minimum atomic E-state index is -0.189. The summed E-state index contributed by atoms with van der Waals surface area (Å²) >= 11 is 0. The van der Waals surface area contributed by atoms with Crippen LogP contribution >= 0.6 is 0 Å². The summed E-state index contributed by atoms with van der Waals surface area (Å²) in [7, 11) is 0. The molecule has 1 aromatic heterocycles. The van der Waals surface area contributed by atoms with Crippen molar-refractivity contribution >= 4 is 12.0 Å². The van der Waals surface area contributed by atoms with Gasteiger partial charge in [-0.3, -0.25) is 14.7 Å². The van der Waals surface area contributed by atoms with E-state index in [1.165, 1.54) is 0 Å². The second-order valence-electron chi connectivity index (χ2n) is 7.71. The third-order valence-electron chi connectivity index (χ3n) is 5.66. The van der Waals surface area contributed by atoms with Gasteiger partial charge in [-0.1, -0.05) is 13.0 Å². The Kier molecular flexibility index (Phi) is 7.65. The molecule has 3 heterocycles. The van der Waals surface area contributed by atoms with Gasteiger partial charge in [-0.2, -0.15) is 0 Å². The van der Waals surface area contributed by atoms with E-state index in [-0.39, 0.29) is 17.9 Å². The molecule has 3 rings (SSSR count). The first kappa shape index (κ1) is 20.6. The first-order chi connectivity index (χ1) is 13.7. The highest BCUT2D eigenvalue weighted by atomic mass is 16.6. The Morgan fingerprint density at radius 2 is 2.04 bits per heavy atom. The van der Waals surface area contributed by atoms with Crippen LogP contribution in [0.25, 0.3) is 0 Å². The van der Waals surface area contributed by atoms with Gasteiger partial charge in [0.2, 0.25) is 5.91 Å².